The highest BCUT2D eigenvalue weighted by Gasteiger charge is 2.33. The van der Waals surface area contributed by atoms with Gasteiger partial charge in [-0.1, -0.05) is 35.9 Å². The monoisotopic (exact) mass is 385 g/mol. The van der Waals surface area contributed by atoms with Crippen LogP contribution >= 0.6 is 12.4 Å². The molecule has 1 atom stereocenters. The SMILES string of the molecule is Cc1ccc(C(NC(=O)CN2CCCc3c(N)cccc32)C2CC2)cc1.Cl. The number of hydrogen-bond donors (Lipinski definition) is 2. The van der Waals surface area contributed by atoms with Crippen molar-refractivity contribution >= 4 is 29.7 Å². The molecule has 4 nitrogen and oxygen atoms in total. The zero-order valence-corrected chi connectivity index (χ0v) is 16.6. The van der Waals surface area contributed by atoms with Crippen molar-refractivity contribution in [2.75, 3.05) is 23.7 Å². The van der Waals surface area contributed by atoms with Gasteiger partial charge in [0, 0.05) is 17.9 Å². The van der Waals surface area contributed by atoms with E-state index in [-0.39, 0.29) is 24.4 Å². The third-order valence-corrected chi connectivity index (χ3v) is 5.56. The Hall–Kier alpha value is -2.20. The molecule has 1 fully saturated rings. The van der Waals surface area contributed by atoms with Crippen LogP contribution in [0.5, 0.6) is 0 Å². The Morgan fingerprint density at radius 3 is 2.67 bits per heavy atom. The Labute approximate surface area is 167 Å². The average Bonchev–Trinajstić information content (AvgIpc) is 3.47. The molecule has 1 saturated carbocycles. The van der Waals surface area contributed by atoms with E-state index in [1.165, 1.54) is 29.5 Å². The number of fused-ring (bicyclic) bond motifs is 1. The molecule has 0 bridgehead atoms. The fourth-order valence-corrected chi connectivity index (χ4v) is 3.96. The van der Waals surface area contributed by atoms with Gasteiger partial charge in [0.05, 0.1) is 12.6 Å². The fraction of sp³-hybridized carbons (Fsp3) is 0.409. The molecular weight excluding hydrogens is 358 g/mol. The number of anilines is 2. The first-order valence-corrected chi connectivity index (χ1v) is 9.60. The minimum Gasteiger partial charge on any atom is -0.398 e. The molecule has 0 saturated heterocycles. The van der Waals surface area contributed by atoms with E-state index in [4.69, 9.17) is 5.73 Å². The van der Waals surface area contributed by atoms with Crippen LogP contribution in [-0.2, 0) is 11.2 Å². The molecule has 1 heterocycles. The predicted octanol–water partition coefficient (Wildman–Crippen LogP) is 4.02. The van der Waals surface area contributed by atoms with Gasteiger partial charge in [-0.05, 0) is 61.8 Å². The molecule has 5 heteroatoms. The van der Waals surface area contributed by atoms with E-state index < -0.39 is 0 Å². The predicted molar refractivity (Wildman–Crippen MR) is 113 cm³/mol. The number of carbonyl (C=O) groups is 1. The van der Waals surface area contributed by atoms with Crippen LogP contribution in [0.1, 0.15) is 42.0 Å². The van der Waals surface area contributed by atoms with Crippen LogP contribution in [0.25, 0.3) is 0 Å². The van der Waals surface area contributed by atoms with E-state index in [9.17, 15) is 4.79 Å². The zero-order valence-electron chi connectivity index (χ0n) is 15.8. The van der Waals surface area contributed by atoms with Gasteiger partial charge in [0.1, 0.15) is 0 Å². The van der Waals surface area contributed by atoms with Crippen molar-refractivity contribution in [3.63, 3.8) is 0 Å². The van der Waals surface area contributed by atoms with Crippen molar-refractivity contribution < 1.29 is 4.79 Å². The molecule has 4 rings (SSSR count). The second kappa shape index (κ2) is 8.22. The highest BCUT2D eigenvalue weighted by atomic mass is 35.5. The first-order chi connectivity index (χ1) is 12.6. The second-order valence-corrected chi connectivity index (χ2v) is 7.66. The van der Waals surface area contributed by atoms with Gasteiger partial charge in [-0.25, -0.2) is 0 Å². The number of nitrogens with one attached hydrogen (secondary N) is 1. The van der Waals surface area contributed by atoms with Crippen molar-refractivity contribution in [1.82, 2.24) is 5.32 Å². The molecule has 2 aromatic rings. The first-order valence-electron chi connectivity index (χ1n) is 9.60. The standard InChI is InChI=1S/C22H27N3O.ClH/c1-15-7-9-16(10-8-15)22(17-11-12-17)24-21(26)14-25-13-3-4-18-19(23)5-2-6-20(18)25;/h2,5-10,17,22H,3-4,11-14,23H2,1H3,(H,24,26);1H. The van der Waals surface area contributed by atoms with Gasteiger partial charge in [0.2, 0.25) is 5.91 Å². The van der Waals surface area contributed by atoms with Crippen LogP contribution in [0.2, 0.25) is 0 Å². The van der Waals surface area contributed by atoms with E-state index in [0.717, 1.165) is 30.8 Å². The number of nitrogens with zero attached hydrogens (tertiary/aromatic N) is 1. The van der Waals surface area contributed by atoms with Crippen molar-refractivity contribution in [2.24, 2.45) is 5.92 Å². The normalized spacial score (nSPS) is 16.9. The number of benzene rings is 2. The first kappa shape index (κ1) is 19.6. The van der Waals surface area contributed by atoms with Gasteiger partial charge in [0.15, 0.2) is 0 Å². The van der Waals surface area contributed by atoms with Crippen LogP contribution in [-0.4, -0.2) is 19.0 Å². The third kappa shape index (κ3) is 4.38. The average molecular weight is 386 g/mol. The minimum absolute atomic E-state index is 0. The maximum Gasteiger partial charge on any atom is 0.240 e. The topological polar surface area (TPSA) is 58.4 Å². The van der Waals surface area contributed by atoms with Crippen LogP contribution in [0, 0.1) is 12.8 Å². The van der Waals surface area contributed by atoms with Gasteiger partial charge in [-0.15, -0.1) is 12.4 Å². The number of halogens is 1. The molecule has 0 spiro atoms. The fourth-order valence-electron chi connectivity index (χ4n) is 3.96. The Morgan fingerprint density at radius 1 is 1.22 bits per heavy atom. The van der Waals surface area contributed by atoms with Crippen molar-refractivity contribution in [3.8, 4) is 0 Å². The molecule has 1 amide bonds. The van der Waals surface area contributed by atoms with Crippen LogP contribution in [0.4, 0.5) is 11.4 Å². The van der Waals surface area contributed by atoms with Crippen LogP contribution in [0.3, 0.4) is 0 Å². The Bertz CT molecular complexity index is 802. The quantitative estimate of drug-likeness (QED) is 0.764. The Morgan fingerprint density at radius 2 is 1.96 bits per heavy atom. The van der Waals surface area contributed by atoms with Gasteiger partial charge >= 0.3 is 0 Å². The minimum atomic E-state index is 0. The number of rotatable bonds is 5. The lowest BCUT2D eigenvalue weighted by molar-refractivity contribution is -0.120. The summed E-state index contributed by atoms with van der Waals surface area (Å²) in [5, 5.41) is 3.30. The summed E-state index contributed by atoms with van der Waals surface area (Å²) in [5.41, 5.74) is 11.7. The summed E-state index contributed by atoms with van der Waals surface area (Å²) in [6, 6.07) is 14.7. The van der Waals surface area contributed by atoms with Crippen molar-refractivity contribution in [2.45, 2.75) is 38.6 Å². The molecule has 1 aliphatic carbocycles. The maximum atomic E-state index is 12.8. The third-order valence-electron chi connectivity index (χ3n) is 5.56. The summed E-state index contributed by atoms with van der Waals surface area (Å²) in [6.07, 6.45) is 4.43. The molecule has 0 radical (unpaired) electrons. The lowest BCUT2D eigenvalue weighted by Gasteiger charge is -2.32. The molecule has 2 aromatic carbocycles. The Balaban J connectivity index is 0.00000210. The molecular formula is C22H28ClN3O. The summed E-state index contributed by atoms with van der Waals surface area (Å²) < 4.78 is 0. The molecule has 3 N–H and O–H groups in total. The van der Waals surface area contributed by atoms with E-state index in [1.807, 2.05) is 12.1 Å². The summed E-state index contributed by atoms with van der Waals surface area (Å²) in [5.74, 6) is 0.670. The molecule has 27 heavy (non-hydrogen) atoms. The van der Waals surface area contributed by atoms with Gasteiger partial charge in [0.25, 0.3) is 0 Å². The van der Waals surface area contributed by atoms with Crippen LogP contribution in [0.15, 0.2) is 42.5 Å². The van der Waals surface area contributed by atoms with Gasteiger partial charge < -0.3 is 16.0 Å². The van der Waals surface area contributed by atoms with Gasteiger partial charge in [-0.3, -0.25) is 4.79 Å². The summed E-state index contributed by atoms with van der Waals surface area (Å²) in [6.45, 7) is 3.39. The largest absolute Gasteiger partial charge is 0.398 e. The highest BCUT2D eigenvalue weighted by Crippen LogP contribution is 2.41. The van der Waals surface area contributed by atoms with E-state index in [1.54, 1.807) is 0 Å². The smallest absolute Gasteiger partial charge is 0.240 e. The van der Waals surface area contributed by atoms with E-state index >= 15 is 0 Å². The number of nitrogens with two attached hydrogens (primary N) is 1. The molecule has 1 unspecified atom stereocenters. The van der Waals surface area contributed by atoms with Gasteiger partial charge in [-0.2, -0.15) is 0 Å². The number of nitrogen functional groups attached to an aromatic ring is 1. The highest BCUT2D eigenvalue weighted by molar-refractivity contribution is 5.85. The molecule has 1 aliphatic heterocycles. The lowest BCUT2D eigenvalue weighted by Crippen LogP contribution is -2.41. The molecule has 2 aliphatic rings. The number of carbonyl (C=O) groups excluding carboxylic acids is 1. The molecule has 0 aromatic heterocycles. The summed E-state index contributed by atoms with van der Waals surface area (Å²) >= 11 is 0. The van der Waals surface area contributed by atoms with E-state index in [2.05, 4.69) is 47.5 Å². The molecule has 144 valence electrons. The summed E-state index contributed by atoms with van der Waals surface area (Å²) in [4.78, 5) is 15.0. The maximum absolute atomic E-state index is 12.8. The van der Waals surface area contributed by atoms with Crippen LogP contribution < -0.4 is 16.0 Å². The van der Waals surface area contributed by atoms with Crippen molar-refractivity contribution in [1.29, 1.82) is 0 Å². The van der Waals surface area contributed by atoms with E-state index in [0.29, 0.717) is 12.5 Å². The second-order valence-electron chi connectivity index (χ2n) is 7.66. The number of hydrogen-bond acceptors (Lipinski definition) is 3. The zero-order chi connectivity index (χ0) is 18.1. The number of amides is 1. The Kier molecular flexibility index (Phi) is 5.95. The number of aryl methyl sites for hydroxylation is 1. The summed E-state index contributed by atoms with van der Waals surface area (Å²) in [7, 11) is 0. The van der Waals surface area contributed by atoms with Crippen molar-refractivity contribution in [3.05, 3.63) is 59.2 Å². The lowest BCUT2D eigenvalue weighted by atomic mass is 9.99.